The van der Waals surface area contributed by atoms with Gasteiger partial charge in [-0.25, -0.2) is 0 Å². The van der Waals surface area contributed by atoms with Crippen LogP contribution in [0.2, 0.25) is 0 Å². The molecule has 8 nitrogen and oxygen atoms in total. The molecule has 1 aromatic heterocycles. The molecule has 1 heterocycles. The van der Waals surface area contributed by atoms with Gasteiger partial charge in [-0.2, -0.15) is 5.26 Å². The summed E-state index contributed by atoms with van der Waals surface area (Å²) in [5.74, 6) is 0.406. The third kappa shape index (κ3) is 6.11. The van der Waals surface area contributed by atoms with Crippen LogP contribution < -0.4 is 15.4 Å². The van der Waals surface area contributed by atoms with Crippen LogP contribution in [0.3, 0.4) is 0 Å². The number of carbonyl (C=O) groups excluding carboxylic acids is 2. The molecule has 0 spiro atoms. The molecule has 0 aliphatic heterocycles. The van der Waals surface area contributed by atoms with Gasteiger partial charge in [0.2, 0.25) is 0 Å². The summed E-state index contributed by atoms with van der Waals surface area (Å²) in [5.41, 5.74) is 0.787. The van der Waals surface area contributed by atoms with Gasteiger partial charge in [-0.15, -0.1) is 0 Å². The highest BCUT2D eigenvalue weighted by atomic mass is 16.5. The van der Waals surface area contributed by atoms with Gasteiger partial charge in [0.05, 0.1) is 5.56 Å². The number of ether oxygens (including phenoxy) is 1. The molecule has 0 aliphatic carbocycles. The van der Waals surface area contributed by atoms with Crippen molar-refractivity contribution >= 4 is 11.8 Å². The zero-order chi connectivity index (χ0) is 22.1. The average Bonchev–Trinajstić information content (AvgIpc) is 3.26. The number of hydrogen-bond donors (Lipinski definition) is 3. The van der Waals surface area contributed by atoms with Crippen LogP contribution in [0.15, 0.2) is 65.1 Å². The summed E-state index contributed by atoms with van der Waals surface area (Å²) < 4.78 is 11.1. The van der Waals surface area contributed by atoms with Crippen LogP contribution in [-0.4, -0.2) is 30.0 Å². The molecule has 0 radical (unpaired) electrons. The highest BCUT2D eigenvalue weighted by Gasteiger charge is 2.12. The van der Waals surface area contributed by atoms with Gasteiger partial charge in [-0.1, -0.05) is 18.2 Å². The molecule has 2 amide bonds. The maximum atomic E-state index is 12.2. The van der Waals surface area contributed by atoms with Crippen LogP contribution in [0.4, 0.5) is 0 Å². The minimum absolute atomic E-state index is 0.0254. The van der Waals surface area contributed by atoms with Crippen molar-refractivity contribution in [1.29, 1.82) is 5.26 Å². The van der Waals surface area contributed by atoms with E-state index in [1.165, 1.54) is 12.1 Å². The van der Waals surface area contributed by atoms with Crippen molar-refractivity contribution in [2.24, 2.45) is 0 Å². The monoisotopic (exact) mass is 419 g/mol. The van der Waals surface area contributed by atoms with Crippen LogP contribution >= 0.6 is 0 Å². The molecule has 3 aromatic rings. The van der Waals surface area contributed by atoms with E-state index >= 15 is 0 Å². The number of phenols is 1. The first-order valence-corrected chi connectivity index (χ1v) is 9.63. The van der Waals surface area contributed by atoms with E-state index in [1.54, 1.807) is 48.5 Å². The molecule has 0 fully saturated rings. The van der Waals surface area contributed by atoms with E-state index in [2.05, 4.69) is 16.7 Å². The normalized spacial score (nSPS) is 10.2. The molecular formula is C23H21N3O5. The number of amides is 2. The Hall–Kier alpha value is -4.25. The van der Waals surface area contributed by atoms with Crippen LogP contribution in [-0.2, 0) is 6.61 Å². The highest BCUT2D eigenvalue weighted by Crippen LogP contribution is 2.19. The van der Waals surface area contributed by atoms with Gasteiger partial charge in [-0.05, 0) is 48.9 Å². The van der Waals surface area contributed by atoms with Gasteiger partial charge in [0, 0.05) is 18.7 Å². The molecule has 3 rings (SSSR count). The molecule has 2 aromatic carbocycles. The largest absolute Gasteiger partial charge is 0.508 e. The van der Waals surface area contributed by atoms with Crippen LogP contribution in [0.25, 0.3) is 0 Å². The van der Waals surface area contributed by atoms with Gasteiger partial charge in [0.1, 0.15) is 29.9 Å². The number of para-hydroxylation sites is 1. The van der Waals surface area contributed by atoms with E-state index in [4.69, 9.17) is 14.4 Å². The van der Waals surface area contributed by atoms with Crippen molar-refractivity contribution < 1.29 is 23.8 Å². The number of benzene rings is 2. The van der Waals surface area contributed by atoms with E-state index in [0.717, 1.165) is 0 Å². The third-order valence-electron chi connectivity index (χ3n) is 4.30. The average molecular weight is 419 g/mol. The fourth-order valence-electron chi connectivity index (χ4n) is 2.74. The molecule has 8 heteroatoms. The Labute approximate surface area is 179 Å². The number of rotatable bonds is 9. The quantitative estimate of drug-likeness (QED) is 0.458. The summed E-state index contributed by atoms with van der Waals surface area (Å²) in [6.45, 7) is 0.804. The minimum Gasteiger partial charge on any atom is -0.508 e. The van der Waals surface area contributed by atoms with Crippen molar-refractivity contribution in [1.82, 2.24) is 10.6 Å². The number of phenolic OH excluding ortho intramolecular Hbond substituents is 1. The van der Waals surface area contributed by atoms with E-state index in [1.807, 2.05) is 0 Å². The summed E-state index contributed by atoms with van der Waals surface area (Å²) >= 11 is 0. The Morgan fingerprint density at radius 1 is 1.00 bits per heavy atom. The predicted octanol–water partition coefficient (Wildman–Crippen LogP) is 2.99. The molecule has 0 atom stereocenters. The number of nitrogens with one attached hydrogen (secondary N) is 2. The first-order valence-electron chi connectivity index (χ1n) is 9.63. The zero-order valence-electron chi connectivity index (χ0n) is 16.6. The lowest BCUT2D eigenvalue weighted by atomic mass is 10.2. The van der Waals surface area contributed by atoms with Crippen molar-refractivity contribution in [2.75, 3.05) is 13.1 Å². The first-order chi connectivity index (χ1) is 15.1. The Kier molecular flexibility index (Phi) is 7.27. The number of hydrogen-bond acceptors (Lipinski definition) is 6. The van der Waals surface area contributed by atoms with Crippen molar-refractivity contribution in [3.8, 4) is 17.6 Å². The number of nitrogens with zero attached hydrogens (tertiary/aromatic N) is 1. The van der Waals surface area contributed by atoms with E-state index in [9.17, 15) is 14.7 Å². The molecular weight excluding hydrogens is 398 g/mol. The second-order valence-corrected chi connectivity index (χ2v) is 6.58. The molecule has 0 bridgehead atoms. The molecule has 31 heavy (non-hydrogen) atoms. The van der Waals surface area contributed by atoms with Gasteiger partial charge in [0.25, 0.3) is 11.8 Å². The number of carbonyl (C=O) groups is 2. The second kappa shape index (κ2) is 10.5. The van der Waals surface area contributed by atoms with Crippen LogP contribution in [0, 0.1) is 11.3 Å². The highest BCUT2D eigenvalue weighted by molar-refractivity contribution is 5.94. The Morgan fingerprint density at radius 3 is 2.55 bits per heavy atom. The summed E-state index contributed by atoms with van der Waals surface area (Å²) in [7, 11) is 0. The minimum atomic E-state index is -0.372. The number of nitriles is 1. The molecule has 3 N–H and O–H groups in total. The molecule has 0 saturated carbocycles. The fourth-order valence-corrected chi connectivity index (χ4v) is 2.74. The number of furan rings is 1. The Bertz CT molecular complexity index is 1100. The number of aromatic hydroxyl groups is 1. The summed E-state index contributed by atoms with van der Waals surface area (Å²) in [6, 6.07) is 18.2. The van der Waals surface area contributed by atoms with Gasteiger partial charge < -0.3 is 24.9 Å². The summed E-state index contributed by atoms with van der Waals surface area (Å²) in [4.78, 5) is 24.2. The first kappa shape index (κ1) is 21.5. The van der Waals surface area contributed by atoms with Crippen LogP contribution in [0.5, 0.6) is 11.5 Å². The van der Waals surface area contributed by atoms with E-state index in [0.29, 0.717) is 42.1 Å². The van der Waals surface area contributed by atoms with Gasteiger partial charge >= 0.3 is 0 Å². The summed E-state index contributed by atoms with van der Waals surface area (Å²) in [6.07, 6.45) is 0.526. The zero-order valence-corrected chi connectivity index (χ0v) is 16.6. The van der Waals surface area contributed by atoms with E-state index in [-0.39, 0.29) is 29.9 Å². The Balaban J connectivity index is 1.39. The molecule has 0 aliphatic rings. The summed E-state index contributed by atoms with van der Waals surface area (Å²) in [5, 5.41) is 23.9. The topological polar surface area (TPSA) is 125 Å². The third-order valence-corrected chi connectivity index (χ3v) is 4.30. The van der Waals surface area contributed by atoms with Gasteiger partial charge in [-0.3, -0.25) is 9.59 Å². The van der Waals surface area contributed by atoms with Gasteiger partial charge in [0.15, 0.2) is 5.76 Å². The van der Waals surface area contributed by atoms with E-state index < -0.39 is 0 Å². The van der Waals surface area contributed by atoms with Crippen molar-refractivity contribution in [3.05, 3.63) is 83.3 Å². The lowest BCUT2D eigenvalue weighted by Crippen LogP contribution is -2.29. The molecule has 158 valence electrons. The molecule has 0 saturated heterocycles. The maximum Gasteiger partial charge on any atom is 0.286 e. The second-order valence-electron chi connectivity index (χ2n) is 6.58. The maximum absolute atomic E-state index is 12.2. The Morgan fingerprint density at radius 2 is 1.77 bits per heavy atom. The standard InChI is InChI=1S/C23H21N3O5/c24-14-17-5-1-2-8-20(17)30-15-19-9-10-21(31-19)23(29)26-12-4-11-25-22(28)16-6-3-7-18(27)13-16/h1-3,5-10,13,27H,4,11-12,15H2,(H,25,28)(H,26,29). The molecule has 0 unspecified atom stereocenters. The SMILES string of the molecule is N#Cc1ccccc1OCc1ccc(C(=O)NCCCNC(=O)c2cccc(O)c2)o1. The lowest BCUT2D eigenvalue weighted by molar-refractivity contribution is 0.0921. The van der Waals surface area contributed by atoms with Crippen molar-refractivity contribution in [3.63, 3.8) is 0 Å². The van der Waals surface area contributed by atoms with Crippen molar-refractivity contribution in [2.45, 2.75) is 13.0 Å². The fraction of sp³-hybridized carbons (Fsp3) is 0.174. The lowest BCUT2D eigenvalue weighted by Gasteiger charge is -2.07. The predicted molar refractivity (Wildman–Crippen MR) is 112 cm³/mol. The van der Waals surface area contributed by atoms with Crippen LogP contribution in [0.1, 0.15) is 38.7 Å². The smallest absolute Gasteiger partial charge is 0.286 e.